The Labute approximate surface area is 395 Å². The van der Waals surface area contributed by atoms with Crippen LogP contribution in [0.5, 0.6) is 0 Å². The van der Waals surface area contributed by atoms with Gasteiger partial charge in [0.2, 0.25) is 5.88 Å². The summed E-state index contributed by atoms with van der Waals surface area (Å²) in [5.74, 6) is 0.905. The molecule has 328 valence electrons. The summed E-state index contributed by atoms with van der Waals surface area (Å²) in [6, 6.07) is 53.0. The van der Waals surface area contributed by atoms with Gasteiger partial charge in [0, 0.05) is 43.1 Å². The molecule has 0 fully saturated rings. The van der Waals surface area contributed by atoms with Gasteiger partial charge < -0.3 is 9.32 Å². The number of hydrogen-bond acceptors (Lipinski definition) is 4. The number of aryl methyl sites for hydroxylation is 3. The zero-order valence-electron chi connectivity index (χ0n) is 40.6. The largest absolute Gasteiger partial charge is 0.440 e. The first-order valence-corrected chi connectivity index (χ1v) is 24.4. The summed E-state index contributed by atoms with van der Waals surface area (Å²) in [4.78, 5) is 6.36. The Morgan fingerprint density at radius 1 is 0.485 bits per heavy atom. The van der Waals surface area contributed by atoms with Crippen LogP contribution in [-0.2, 0) is 16.2 Å². The summed E-state index contributed by atoms with van der Waals surface area (Å²) >= 11 is 1.87. The monoisotopic (exact) mass is 878 g/mol. The summed E-state index contributed by atoms with van der Waals surface area (Å²) in [6.07, 6.45) is 0. The molecule has 0 spiro atoms. The quantitative estimate of drug-likeness (QED) is 0.164. The van der Waals surface area contributed by atoms with E-state index < -0.39 is 0 Å². The molecule has 0 bridgehead atoms. The second-order valence-corrected chi connectivity index (χ2v) is 23.1. The van der Waals surface area contributed by atoms with Crippen LogP contribution in [0.1, 0.15) is 95.7 Å². The van der Waals surface area contributed by atoms with Crippen molar-refractivity contribution in [1.29, 1.82) is 0 Å². The van der Waals surface area contributed by atoms with E-state index in [2.05, 4.69) is 232 Å². The molecule has 5 heteroatoms. The average Bonchev–Trinajstić information content (AvgIpc) is 3.88. The highest BCUT2D eigenvalue weighted by atomic mass is 32.1. The van der Waals surface area contributed by atoms with Crippen LogP contribution in [0.25, 0.3) is 42.6 Å². The first kappa shape index (κ1) is 42.3. The van der Waals surface area contributed by atoms with Crippen molar-refractivity contribution in [3.05, 3.63) is 173 Å². The third-order valence-electron chi connectivity index (χ3n) is 14.2. The number of furan rings is 1. The Morgan fingerprint density at radius 2 is 1.11 bits per heavy atom. The summed E-state index contributed by atoms with van der Waals surface area (Å²) in [7, 11) is 0. The van der Waals surface area contributed by atoms with Crippen molar-refractivity contribution in [2.24, 2.45) is 0 Å². The number of hydrogen-bond donors (Lipinski definition) is 0. The van der Waals surface area contributed by atoms with E-state index in [1.165, 1.54) is 110 Å². The van der Waals surface area contributed by atoms with Crippen molar-refractivity contribution in [2.45, 2.75) is 99.3 Å². The van der Waals surface area contributed by atoms with Gasteiger partial charge in [-0.15, -0.1) is 11.3 Å². The Morgan fingerprint density at radius 3 is 1.77 bits per heavy atom. The molecule has 9 aromatic rings. The minimum absolute atomic E-state index is 0.00796. The molecule has 0 amide bonds. The van der Waals surface area contributed by atoms with Crippen LogP contribution in [0.15, 0.2) is 144 Å². The molecule has 0 unspecified atom stereocenters. The number of benzene rings is 7. The van der Waals surface area contributed by atoms with Crippen LogP contribution in [-0.4, -0.2) is 6.71 Å². The Hall–Kier alpha value is -6.30. The maximum absolute atomic E-state index is 7.32. The van der Waals surface area contributed by atoms with Gasteiger partial charge in [0.05, 0.1) is 11.4 Å². The molecule has 2 aliphatic heterocycles. The standard InChI is InChI=1S/C61H59BN2OS/c1-36-29-43(60(7,8)9)30-37(2)56(36)64-50-23-18-22-49-55(50)62(54-46-34-42(59(4,5)6)26-28-51(46)65-58(54)64)47-32-41(53-33-40-21-16-17-24-52(40)66-53)25-27-48(47)63(49)57-38(3)31-44(61(10,11)12)35-45(57)39-19-14-13-15-20-39/h13-35H,1-12H3. The second-order valence-electron chi connectivity index (χ2n) is 22.0. The van der Waals surface area contributed by atoms with Gasteiger partial charge in [0.15, 0.2) is 0 Å². The predicted octanol–water partition coefficient (Wildman–Crippen LogP) is 15.9. The summed E-state index contributed by atoms with van der Waals surface area (Å²) < 4.78 is 8.62. The summed E-state index contributed by atoms with van der Waals surface area (Å²) in [6.45, 7) is 27.6. The molecule has 4 heterocycles. The van der Waals surface area contributed by atoms with E-state index in [9.17, 15) is 0 Å². The Kier molecular flexibility index (Phi) is 9.53. The lowest BCUT2D eigenvalue weighted by Crippen LogP contribution is -2.61. The molecule has 2 aliphatic rings. The van der Waals surface area contributed by atoms with E-state index in [0.717, 1.165) is 17.2 Å². The zero-order chi connectivity index (χ0) is 46.2. The van der Waals surface area contributed by atoms with Crippen molar-refractivity contribution in [1.82, 2.24) is 0 Å². The number of anilines is 6. The van der Waals surface area contributed by atoms with E-state index in [1.54, 1.807) is 0 Å². The van der Waals surface area contributed by atoms with E-state index >= 15 is 0 Å². The second kappa shape index (κ2) is 14.9. The summed E-state index contributed by atoms with van der Waals surface area (Å²) in [5, 5.41) is 2.46. The molecule has 0 saturated carbocycles. The summed E-state index contributed by atoms with van der Waals surface area (Å²) in [5.41, 5.74) is 21.9. The number of fused-ring (bicyclic) bond motifs is 7. The van der Waals surface area contributed by atoms with Gasteiger partial charge >= 0.3 is 0 Å². The topological polar surface area (TPSA) is 19.6 Å². The molecular formula is C61H59BN2OS. The van der Waals surface area contributed by atoms with Crippen LogP contribution >= 0.6 is 11.3 Å². The average molecular weight is 879 g/mol. The fourth-order valence-electron chi connectivity index (χ4n) is 10.8. The van der Waals surface area contributed by atoms with E-state index in [4.69, 9.17) is 4.42 Å². The van der Waals surface area contributed by atoms with Gasteiger partial charge in [-0.3, -0.25) is 4.90 Å². The molecule has 66 heavy (non-hydrogen) atoms. The van der Waals surface area contributed by atoms with Crippen molar-refractivity contribution < 1.29 is 4.42 Å². The number of thiophene rings is 1. The Balaban J connectivity index is 1.28. The molecule has 11 rings (SSSR count). The molecule has 7 aromatic carbocycles. The highest BCUT2D eigenvalue weighted by molar-refractivity contribution is 7.22. The van der Waals surface area contributed by atoms with E-state index in [1.807, 2.05) is 11.3 Å². The maximum atomic E-state index is 7.32. The molecule has 0 atom stereocenters. The predicted molar refractivity (Wildman–Crippen MR) is 287 cm³/mol. The SMILES string of the molecule is Cc1cc(C(C)(C)C)cc(C)c1N1c2cccc3c2B(c2cc(-c4cc5ccccc5s4)ccc2N3c2c(C)cc(C(C)(C)C)cc2-c2ccccc2)c2c1oc1ccc(C(C)(C)C)cc21. The van der Waals surface area contributed by atoms with Crippen LogP contribution in [0, 0.1) is 20.8 Å². The van der Waals surface area contributed by atoms with E-state index in [-0.39, 0.29) is 23.0 Å². The molecule has 3 nitrogen and oxygen atoms in total. The van der Waals surface area contributed by atoms with Crippen LogP contribution in [0.3, 0.4) is 0 Å². The van der Waals surface area contributed by atoms with Crippen LogP contribution < -0.4 is 26.2 Å². The van der Waals surface area contributed by atoms with Gasteiger partial charge in [-0.25, -0.2) is 0 Å². The third kappa shape index (κ3) is 6.68. The molecule has 0 aliphatic carbocycles. The van der Waals surface area contributed by atoms with E-state index in [0.29, 0.717) is 0 Å². The van der Waals surface area contributed by atoms with Crippen molar-refractivity contribution in [3.8, 4) is 21.6 Å². The molecule has 0 saturated heterocycles. The van der Waals surface area contributed by atoms with Gasteiger partial charge in [0.25, 0.3) is 6.71 Å². The van der Waals surface area contributed by atoms with Gasteiger partial charge in [-0.05, 0) is 146 Å². The van der Waals surface area contributed by atoms with Gasteiger partial charge in [-0.1, -0.05) is 153 Å². The third-order valence-corrected chi connectivity index (χ3v) is 15.4. The fraction of sp³-hybridized carbons (Fsp3) is 0.246. The number of nitrogens with zero attached hydrogens (tertiary/aromatic N) is 2. The van der Waals surface area contributed by atoms with Gasteiger partial charge in [-0.2, -0.15) is 0 Å². The smallest absolute Gasteiger partial charge is 0.257 e. The van der Waals surface area contributed by atoms with Crippen molar-refractivity contribution in [3.63, 3.8) is 0 Å². The minimum atomic E-state index is -0.108. The highest BCUT2D eigenvalue weighted by Crippen LogP contribution is 2.51. The van der Waals surface area contributed by atoms with Crippen molar-refractivity contribution in [2.75, 3.05) is 9.80 Å². The fourth-order valence-corrected chi connectivity index (χ4v) is 11.8. The van der Waals surface area contributed by atoms with Crippen LogP contribution in [0.2, 0.25) is 0 Å². The normalized spacial score (nSPS) is 13.7. The molecule has 0 N–H and O–H groups in total. The highest BCUT2D eigenvalue weighted by Gasteiger charge is 2.47. The van der Waals surface area contributed by atoms with Crippen molar-refractivity contribution >= 4 is 89.8 Å². The maximum Gasteiger partial charge on any atom is 0.257 e. The lowest BCUT2D eigenvalue weighted by Gasteiger charge is -2.44. The molecule has 2 aromatic heterocycles. The van der Waals surface area contributed by atoms with Gasteiger partial charge in [0.1, 0.15) is 5.58 Å². The molecular weight excluding hydrogens is 820 g/mol. The minimum Gasteiger partial charge on any atom is -0.440 e. The lowest BCUT2D eigenvalue weighted by molar-refractivity contribution is 0.588. The first-order valence-electron chi connectivity index (χ1n) is 23.6. The Bertz CT molecular complexity index is 3370. The van der Waals surface area contributed by atoms with Crippen LogP contribution in [0.4, 0.5) is 34.3 Å². The number of rotatable bonds is 4. The first-order chi connectivity index (χ1) is 31.4. The molecule has 0 radical (unpaired) electrons. The zero-order valence-corrected chi connectivity index (χ0v) is 41.4. The lowest BCUT2D eigenvalue weighted by atomic mass is 9.33.